The molecule has 0 N–H and O–H groups in total. The molecule has 118 valence electrons. The van der Waals surface area contributed by atoms with E-state index in [1.165, 1.54) is 0 Å². The third kappa shape index (κ3) is 2.59. The van der Waals surface area contributed by atoms with Gasteiger partial charge < -0.3 is 0 Å². The van der Waals surface area contributed by atoms with Gasteiger partial charge in [0.05, 0.1) is 17.4 Å². The van der Waals surface area contributed by atoms with Crippen molar-refractivity contribution in [1.82, 2.24) is 14.6 Å². The van der Waals surface area contributed by atoms with Crippen LogP contribution in [0, 0.1) is 17.3 Å². The molecular weight excluding hydrogens is 298 g/mol. The minimum Gasteiger partial charge on any atom is -0.294 e. The number of ketones is 1. The van der Waals surface area contributed by atoms with E-state index in [1.54, 1.807) is 16.9 Å². The van der Waals surface area contributed by atoms with Crippen LogP contribution in [-0.4, -0.2) is 20.4 Å². The molecule has 4 heteroatoms. The number of fused-ring (bicyclic) bond motifs is 2. The van der Waals surface area contributed by atoms with Gasteiger partial charge in [-0.3, -0.25) is 9.78 Å². The first-order valence-corrected chi connectivity index (χ1v) is 7.99. The predicted octanol–water partition coefficient (Wildman–Crippen LogP) is 3.28. The molecule has 0 saturated heterocycles. The summed E-state index contributed by atoms with van der Waals surface area (Å²) in [5, 5.41) is 4.27. The zero-order valence-corrected chi connectivity index (χ0v) is 13.7. The van der Waals surface area contributed by atoms with Crippen LogP contribution in [0.5, 0.6) is 0 Å². The Morgan fingerprint density at radius 3 is 2.92 bits per heavy atom. The van der Waals surface area contributed by atoms with Crippen molar-refractivity contribution in [2.75, 3.05) is 0 Å². The first-order chi connectivity index (χ1) is 11.5. The van der Waals surface area contributed by atoms with E-state index in [2.05, 4.69) is 35.8 Å². The fraction of sp³-hybridized carbons (Fsp3) is 0.250. The number of carbonyl (C=O) groups excluding carboxylic acids is 1. The zero-order valence-electron chi connectivity index (χ0n) is 13.7. The molecule has 24 heavy (non-hydrogen) atoms. The van der Waals surface area contributed by atoms with Crippen molar-refractivity contribution in [2.24, 2.45) is 5.41 Å². The lowest BCUT2D eigenvalue weighted by Crippen LogP contribution is -2.27. The summed E-state index contributed by atoms with van der Waals surface area (Å²) in [5.74, 6) is 6.39. The molecule has 0 saturated carbocycles. The van der Waals surface area contributed by atoms with Crippen LogP contribution in [-0.2, 0) is 6.42 Å². The van der Waals surface area contributed by atoms with E-state index in [-0.39, 0.29) is 11.2 Å². The molecule has 3 aromatic heterocycles. The molecule has 0 fully saturated rings. The third-order valence-electron chi connectivity index (χ3n) is 4.31. The highest BCUT2D eigenvalue weighted by Crippen LogP contribution is 2.33. The average molecular weight is 315 g/mol. The van der Waals surface area contributed by atoms with Gasteiger partial charge in [-0.2, -0.15) is 5.10 Å². The SMILES string of the molecule is CC1(C)CC(=O)c2cc(C#Cc3cccc4ccnn34)cnc2C1. The summed E-state index contributed by atoms with van der Waals surface area (Å²) in [6.07, 6.45) is 4.89. The minimum atomic E-state index is -0.0139. The van der Waals surface area contributed by atoms with E-state index in [4.69, 9.17) is 0 Å². The molecule has 4 nitrogen and oxygen atoms in total. The van der Waals surface area contributed by atoms with E-state index in [9.17, 15) is 4.79 Å². The summed E-state index contributed by atoms with van der Waals surface area (Å²) in [6, 6.07) is 9.67. The van der Waals surface area contributed by atoms with E-state index in [0.717, 1.165) is 34.5 Å². The fourth-order valence-electron chi connectivity index (χ4n) is 3.17. The van der Waals surface area contributed by atoms with Crippen LogP contribution in [0.25, 0.3) is 5.52 Å². The second-order valence-corrected chi connectivity index (χ2v) is 6.99. The lowest BCUT2D eigenvalue weighted by molar-refractivity contribution is 0.0910. The fourth-order valence-corrected chi connectivity index (χ4v) is 3.17. The Hall–Kier alpha value is -2.93. The van der Waals surface area contributed by atoms with Crippen LogP contribution in [0.3, 0.4) is 0 Å². The number of Topliss-reactive ketones (excluding diaryl/α,β-unsaturated/α-hetero) is 1. The Balaban J connectivity index is 1.72. The summed E-state index contributed by atoms with van der Waals surface area (Å²) in [5.41, 5.74) is 4.16. The predicted molar refractivity (Wildman–Crippen MR) is 91.8 cm³/mol. The van der Waals surface area contributed by atoms with Crippen molar-refractivity contribution in [2.45, 2.75) is 26.7 Å². The number of hydrogen-bond donors (Lipinski definition) is 0. The normalized spacial score (nSPS) is 15.7. The topological polar surface area (TPSA) is 47.3 Å². The molecule has 4 rings (SSSR count). The van der Waals surface area contributed by atoms with Crippen LogP contribution < -0.4 is 0 Å². The molecule has 1 aliphatic rings. The van der Waals surface area contributed by atoms with Crippen molar-refractivity contribution >= 4 is 11.3 Å². The lowest BCUT2D eigenvalue weighted by atomic mass is 9.75. The van der Waals surface area contributed by atoms with Gasteiger partial charge in [0.1, 0.15) is 5.69 Å². The largest absolute Gasteiger partial charge is 0.294 e. The quantitative estimate of drug-likeness (QED) is 0.598. The number of pyridine rings is 2. The molecule has 3 aromatic rings. The van der Waals surface area contributed by atoms with Crippen molar-refractivity contribution in [3.05, 3.63) is 65.2 Å². The summed E-state index contributed by atoms with van der Waals surface area (Å²) in [7, 11) is 0. The highest BCUT2D eigenvalue weighted by molar-refractivity contribution is 5.98. The zero-order chi connectivity index (χ0) is 16.7. The highest BCUT2D eigenvalue weighted by Gasteiger charge is 2.31. The molecular formula is C20H17N3O. The number of carbonyl (C=O) groups is 1. The molecule has 0 bridgehead atoms. The van der Waals surface area contributed by atoms with E-state index < -0.39 is 0 Å². The summed E-state index contributed by atoms with van der Waals surface area (Å²) < 4.78 is 1.80. The van der Waals surface area contributed by atoms with Gasteiger partial charge >= 0.3 is 0 Å². The first-order valence-electron chi connectivity index (χ1n) is 7.99. The number of aromatic nitrogens is 3. The molecule has 0 atom stereocenters. The molecule has 1 aliphatic carbocycles. The van der Waals surface area contributed by atoms with Crippen molar-refractivity contribution in [3.8, 4) is 11.8 Å². The van der Waals surface area contributed by atoms with Crippen LogP contribution in [0.4, 0.5) is 0 Å². The smallest absolute Gasteiger partial charge is 0.165 e. The standard InChI is InChI=1S/C20H17N3O/c1-20(2)11-18-17(19(24)12-20)10-14(13-21-18)6-7-15-4-3-5-16-8-9-22-23(15)16/h3-5,8-10,13H,11-12H2,1-2H3. The Labute approximate surface area is 140 Å². The molecule has 0 amide bonds. The lowest BCUT2D eigenvalue weighted by Gasteiger charge is -2.29. The van der Waals surface area contributed by atoms with Crippen molar-refractivity contribution < 1.29 is 4.79 Å². The number of nitrogens with zero attached hydrogens (tertiary/aromatic N) is 3. The summed E-state index contributed by atoms with van der Waals surface area (Å²) in [4.78, 5) is 16.8. The van der Waals surface area contributed by atoms with Gasteiger partial charge in [0.15, 0.2) is 5.78 Å². The second kappa shape index (κ2) is 5.31. The van der Waals surface area contributed by atoms with Crippen LogP contribution in [0.1, 0.15) is 47.6 Å². The second-order valence-electron chi connectivity index (χ2n) is 6.99. The first kappa shape index (κ1) is 14.6. The van der Waals surface area contributed by atoms with E-state index >= 15 is 0 Å². The van der Waals surface area contributed by atoms with Gasteiger partial charge in [-0.1, -0.05) is 25.8 Å². The molecule has 0 aliphatic heterocycles. The van der Waals surface area contributed by atoms with Gasteiger partial charge in [0.25, 0.3) is 0 Å². The Morgan fingerprint density at radius 2 is 2.04 bits per heavy atom. The summed E-state index contributed by atoms with van der Waals surface area (Å²) >= 11 is 0. The third-order valence-corrected chi connectivity index (χ3v) is 4.31. The molecule has 0 unspecified atom stereocenters. The van der Waals surface area contributed by atoms with E-state index in [0.29, 0.717) is 6.42 Å². The monoisotopic (exact) mass is 315 g/mol. The maximum atomic E-state index is 12.4. The summed E-state index contributed by atoms with van der Waals surface area (Å²) in [6.45, 7) is 4.21. The van der Waals surface area contributed by atoms with Gasteiger partial charge in [-0.05, 0) is 42.0 Å². The average Bonchev–Trinajstić information content (AvgIpc) is 3.01. The molecule has 0 aromatic carbocycles. The van der Waals surface area contributed by atoms with Crippen LogP contribution in [0.2, 0.25) is 0 Å². The molecule has 3 heterocycles. The number of hydrogen-bond acceptors (Lipinski definition) is 3. The van der Waals surface area contributed by atoms with E-state index in [1.807, 2.05) is 30.3 Å². The Bertz CT molecular complexity index is 1020. The van der Waals surface area contributed by atoms with Gasteiger partial charge in [0.2, 0.25) is 0 Å². The molecule has 0 spiro atoms. The van der Waals surface area contributed by atoms with Gasteiger partial charge in [0, 0.05) is 23.7 Å². The minimum absolute atomic E-state index is 0.0139. The van der Waals surface area contributed by atoms with Gasteiger partial charge in [-0.25, -0.2) is 4.52 Å². The van der Waals surface area contributed by atoms with Crippen molar-refractivity contribution in [1.29, 1.82) is 0 Å². The van der Waals surface area contributed by atoms with Crippen molar-refractivity contribution in [3.63, 3.8) is 0 Å². The van der Waals surface area contributed by atoms with Crippen LogP contribution >= 0.6 is 0 Å². The Kier molecular flexibility index (Phi) is 3.24. The Morgan fingerprint density at radius 1 is 1.17 bits per heavy atom. The maximum Gasteiger partial charge on any atom is 0.165 e. The maximum absolute atomic E-state index is 12.4. The molecule has 0 radical (unpaired) electrons. The number of rotatable bonds is 0. The van der Waals surface area contributed by atoms with Gasteiger partial charge in [-0.15, -0.1) is 0 Å². The van der Waals surface area contributed by atoms with Crippen LogP contribution in [0.15, 0.2) is 42.7 Å². The highest BCUT2D eigenvalue weighted by atomic mass is 16.1.